The lowest BCUT2D eigenvalue weighted by Crippen LogP contribution is -2.48. The maximum Gasteiger partial charge on any atom is 0.178 e. The number of hydrogen-bond acceptors (Lipinski definition) is 5. The zero-order valence-corrected chi connectivity index (χ0v) is 11.3. The molecular formula is C12H16ClN5. The Hall–Kier alpha value is -1.38. The predicted molar refractivity (Wildman–Crippen MR) is 70.6 cm³/mol. The summed E-state index contributed by atoms with van der Waals surface area (Å²) >= 11 is 5.92. The third kappa shape index (κ3) is 2.71. The highest BCUT2D eigenvalue weighted by Crippen LogP contribution is 2.23. The Balaban J connectivity index is 2.20. The number of halogens is 1. The monoisotopic (exact) mass is 265 g/mol. The Morgan fingerprint density at radius 3 is 2.94 bits per heavy atom. The van der Waals surface area contributed by atoms with Gasteiger partial charge >= 0.3 is 0 Å². The minimum Gasteiger partial charge on any atom is -0.353 e. The van der Waals surface area contributed by atoms with Crippen molar-refractivity contribution in [3.63, 3.8) is 0 Å². The van der Waals surface area contributed by atoms with Gasteiger partial charge < -0.3 is 10.2 Å². The first kappa shape index (κ1) is 13.1. The molecule has 0 aliphatic carbocycles. The van der Waals surface area contributed by atoms with Crippen molar-refractivity contribution >= 4 is 17.4 Å². The van der Waals surface area contributed by atoms with E-state index in [-0.39, 0.29) is 10.8 Å². The van der Waals surface area contributed by atoms with Gasteiger partial charge in [0.15, 0.2) is 10.8 Å². The van der Waals surface area contributed by atoms with E-state index in [1.807, 2.05) is 13.1 Å². The number of hydrogen-bond donors (Lipinski definition) is 1. The average molecular weight is 266 g/mol. The molecule has 1 aromatic rings. The minimum absolute atomic E-state index is 0.175. The van der Waals surface area contributed by atoms with Crippen LogP contribution in [-0.2, 0) is 0 Å². The van der Waals surface area contributed by atoms with Gasteiger partial charge in [0.2, 0.25) is 0 Å². The molecule has 2 unspecified atom stereocenters. The van der Waals surface area contributed by atoms with Crippen molar-refractivity contribution in [2.75, 3.05) is 25.0 Å². The molecule has 1 fully saturated rings. The van der Waals surface area contributed by atoms with Crippen molar-refractivity contribution in [2.24, 2.45) is 5.92 Å². The lowest BCUT2D eigenvalue weighted by atomic mass is 9.96. The summed E-state index contributed by atoms with van der Waals surface area (Å²) in [5, 5.41) is 12.3. The number of aromatic nitrogens is 2. The van der Waals surface area contributed by atoms with Gasteiger partial charge in [0.05, 0.1) is 6.20 Å². The van der Waals surface area contributed by atoms with Crippen molar-refractivity contribution in [1.29, 1.82) is 5.26 Å². The molecule has 1 saturated heterocycles. The molecule has 1 N–H and O–H groups in total. The molecule has 2 rings (SSSR count). The summed E-state index contributed by atoms with van der Waals surface area (Å²) in [4.78, 5) is 10.4. The van der Waals surface area contributed by atoms with Crippen molar-refractivity contribution in [3.8, 4) is 6.07 Å². The molecule has 1 aliphatic heterocycles. The maximum absolute atomic E-state index is 8.78. The van der Waals surface area contributed by atoms with Crippen LogP contribution in [0.5, 0.6) is 0 Å². The lowest BCUT2D eigenvalue weighted by Gasteiger charge is -2.36. The summed E-state index contributed by atoms with van der Waals surface area (Å²) in [5.74, 6) is 1.33. The van der Waals surface area contributed by atoms with E-state index >= 15 is 0 Å². The number of piperidine rings is 1. The van der Waals surface area contributed by atoms with Crippen LogP contribution in [0, 0.1) is 17.2 Å². The third-order valence-corrected chi connectivity index (χ3v) is 3.48. The Bertz CT molecular complexity index is 470. The van der Waals surface area contributed by atoms with E-state index in [2.05, 4.69) is 27.1 Å². The smallest absolute Gasteiger partial charge is 0.178 e. The Morgan fingerprint density at radius 1 is 1.56 bits per heavy atom. The van der Waals surface area contributed by atoms with Crippen LogP contribution in [-0.4, -0.2) is 36.1 Å². The summed E-state index contributed by atoms with van der Waals surface area (Å²) in [6.07, 6.45) is 2.78. The first-order valence-corrected chi connectivity index (χ1v) is 6.36. The van der Waals surface area contributed by atoms with E-state index in [0.717, 1.165) is 25.3 Å². The summed E-state index contributed by atoms with van der Waals surface area (Å²) in [7, 11) is 1.97. The number of nitrogens with zero attached hydrogens (tertiary/aromatic N) is 4. The fraction of sp³-hybridized carbons (Fsp3) is 0.583. The van der Waals surface area contributed by atoms with Crippen molar-refractivity contribution < 1.29 is 0 Å². The molecule has 0 radical (unpaired) electrons. The van der Waals surface area contributed by atoms with Gasteiger partial charge in [0.25, 0.3) is 0 Å². The highest BCUT2D eigenvalue weighted by atomic mass is 35.5. The van der Waals surface area contributed by atoms with Crippen molar-refractivity contribution in [2.45, 2.75) is 19.4 Å². The summed E-state index contributed by atoms with van der Waals surface area (Å²) in [5.41, 5.74) is 0.177. The van der Waals surface area contributed by atoms with Crippen LogP contribution in [0.15, 0.2) is 6.20 Å². The topological polar surface area (TPSA) is 64.8 Å². The summed E-state index contributed by atoms with van der Waals surface area (Å²) in [6.45, 7) is 4.04. The van der Waals surface area contributed by atoms with Crippen LogP contribution in [0.3, 0.4) is 0 Å². The van der Waals surface area contributed by atoms with E-state index in [1.54, 1.807) is 6.20 Å². The molecule has 0 bridgehead atoms. The predicted octanol–water partition coefficient (Wildman–Crippen LogP) is 1.44. The largest absolute Gasteiger partial charge is 0.353 e. The molecule has 96 valence electrons. The zero-order chi connectivity index (χ0) is 13.1. The molecule has 18 heavy (non-hydrogen) atoms. The van der Waals surface area contributed by atoms with Crippen LogP contribution < -0.4 is 10.2 Å². The van der Waals surface area contributed by atoms with Crippen LogP contribution in [0.1, 0.15) is 19.0 Å². The molecule has 5 nitrogen and oxygen atoms in total. The standard InChI is InChI=1S/C12H16ClN5/c1-8-3-9(15-2)7-18(6-8)11-5-16-10(4-14)12(13)17-11/h5,8-9,15H,3,6-7H2,1-2H3. The summed E-state index contributed by atoms with van der Waals surface area (Å²) < 4.78 is 0. The van der Waals surface area contributed by atoms with E-state index in [1.165, 1.54) is 0 Å². The van der Waals surface area contributed by atoms with Gasteiger partial charge in [-0.05, 0) is 19.4 Å². The quantitative estimate of drug-likeness (QED) is 0.877. The van der Waals surface area contributed by atoms with Crippen LogP contribution in [0.4, 0.5) is 5.82 Å². The van der Waals surface area contributed by atoms with Crippen molar-refractivity contribution in [1.82, 2.24) is 15.3 Å². The van der Waals surface area contributed by atoms with Crippen molar-refractivity contribution in [3.05, 3.63) is 17.0 Å². The number of nitrogens with one attached hydrogen (secondary N) is 1. The molecule has 0 aromatic carbocycles. The third-order valence-electron chi connectivity index (χ3n) is 3.22. The van der Waals surface area contributed by atoms with Gasteiger partial charge in [-0.3, -0.25) is 0 Å². The molecule has 0 amide bonds. The SMILES string of the molecule is CNC1CC(C)CN(c2cnc(C#N)c(Cl)n2)C1. The second kappa shape index (κ2) is 5.51. The van der Waals surface area contributed by atoms with Gasteiger partial charge in [-0.1, -0.05) is 18.5 Å². The fourth-order valence-electron chi connectivity index (χ4n) is 2.33. The molecule has 6 heteroatoms. The number of nitriles is 1. The van der Waals surface area contributed by atoms with Gasteiger partial charge in [-0.15, -0.1) is 0 Å². The van der Waals surface area contributed by atoms with Crippen LogP contribution >= 0.6 is 11.6 Å². The van der Waals surface area contributed by atoms with Gasteiger partial charge in [-0.2, -0.15) is 5.26 Å². The highest BCUT2D eigenvalue weighted by molar-refractivity contribution is 6.30. The Morgan fingerprint density at radius 2 is 2.33 bits per heavy atom. The average Bonchev–Trinajstić information content (AvgIpc) is 2.37. The number of anilines is 1. The van der Waals surface area contributed by atoms with Crippen LogP contribution in [0.2, 0.25) is 5.15 Å². The molecule has 2 atom stereocenters. The van der Waals surface area contributed by atoms with Gasteiger partial charge in [-0.25, -0.2) is 9.97 Å². The first-order valence-electron chi connectivity index (χ1n) is 5.99. The molecule has 1 aromatic heterocycles. The Kier molecular flexibility index (Phi) is 4.00. The molecule has 2 heterocycles. The van der Waals surface area contributed by atoms with E-state index in [9.17, 15) is 0 Å². The minimum atomic E-state index is 0.175. The van der Waals surface area contributed by atoms with Gasteiger partial charge in [0.1, 0.15) is 11.9 Å². The second-order valence-electron chi connectivity index (χ2n) is 4.71. The van der Waals surface area contributed by atoms with E-state index < -0.39 is 0 Å². The van der Waals surface area contributed by atoms with Crippen LogP contribution in [0.25, 0.3) is 0 Å². The molecular weight excluding hydrogens is 250 g/mol. The lowest BCUT2D eigenvalue weighted by molar-refractivity contribution is 0.365. The normalized spacial score (nSPS) is 23.8. The number of likely N-dealkylation sites (N-methyl/N-ethyl adjacent to an activating group) is 1. The maximum atomic E-state index is 8.78. The highest BCUT2D eigenvalue weighted by Gasteiger charge is 2.25. The zero-order valence-electron chi connectivity index (χ0n) is 10.5. The molecule has 0 saturated carbocycles. The summed E-state index contributed by atoms with van der Waals surface area (Å²) in [6, 6.07) is 2.37. The van der Waals surface area contributed by atoms with E-state index in [4.69, 9.17) is 16.9 Å². The van der Waals surface area contributed by atoms with Gasteiger partial charge in [0, 0.05) is 19.1 Å². The first-order chi connectivity index (χ1) is 8.63. The fourth-order valence-corrected chi connectivity index (χ4v) is 2.51. The molecule has 1 aliphatic rings. The Labute approximate surface area is 112 Å². The second-order valence-corrected chi connectivity index (χ2v) is 5.07. The van der Waals surface area contributed by atoms with E-state index in [0.29, 0.717) is 12.0 Å². The molecule has 0 spiro atoms. The number of rotatable bonds is 2.